The van der Waals surface area contributed by atoms with Gasteiger partial charge in [0.05, 0.1) is 16.9 Å². The van der Waals surface area contributed by atoms with Gasteiger partial charge in [-0.3, -0.25) is 0 Å². The van der Waals surface area contributed by atoms with Gasteiger partial charge in [-0.05, 0) is 55.7 Å². The summed E-state index contributed by atoms with van der Waals surface area (Å²) >= 11 is 1.69. The van der Waals surface area contributed by atoms with E-state index in [9.17, 15) is 8.78 Å². The number of aryl methyl sites for hydroxylation is 2. The number of amidine groups is 1. The van der Waals surface area contributed by atoms with Crippen LogP contribution in [0.1, 0.15) is 22.4 Å². The quantitative estimate of drug-likeness (QED) is 0.577. The Morgan fingerprint density at radius 1 is 1.13 bits per heavy atom. The lowest BCUT2D eigenvalue weighted by Gasteiger charge is -2.36. The van der Waals surface area contributed by atoms with Crippen molar-refractivity contribution in [3.05, 3.63) is 76.2 Å². The van der Waals surface area contributed by atoms with Gasteiger partial charge in [0.1, 0.15) is 22.5 Å². The maximum Gasteiger partial charge on any atom is 0.139 e. The predicted octanol–water partition coefficient (Wildman–Crippen LogP) is 5.38. The van der Waals surface area contributed by atoms with Gasteiger partial charge in [-0.1, -0.05) is 12.1 Å². The summed E-state index contributed by atoms with van der Waals surface area (Å²) in [6.45, 7) is 4.56. The van der Waals surface area contributed by atoms with Gasteiger partial charge in [0.15, 0.2) is 0 Å². The molecular weight excluding hydrogens is 414 g/mol. The Kier molecular flexibility index (Phi) is 5.46. The molecule has 0 radical (unpaired) electrons. The van der Waals surface area contributed by atoms with E-state index >= 15 is 0 Å². The van der Waals surface area contributed by atoms with Crippen LogP contribution in [0.4, 0.5) is 25.2 Å². The molecule has 0 amide bonds. The van der Waals surface area contributed by atoms with E-state index in [0.717, 1.165) is 60.1 Å². The second-order valence-corrected chi connectivity index (χ2v) is 9.34. The predicted molar refractivity (Wildman–Crippen MR) is 123 cm³/mol. The summed E-state index contributed by atoms with van der Waals surface area (Å²) in [6, 6.07) is 13.9. The number of anilines is 2. The lowest BCUT2D eigenvalue weighted by Crippen LogP contribution is -2.52. The normalized spacial score (nSPS) is 18.0. The van der Waals surface area contributed by atoms with Crippen molar-refractivity contribution in [2.75, 3.05) is 25.0 Å². The first-order valence-electron chi connectivity index (χ1n) is 10.5. The summed E-state index contributed by atoms with van der Waals surface area (Å²) in [5.41, 5.74) is 3.50. The zero-order valence-electron chi connectivity index (χ0n) is 17.3. The molecule has 2 aliphatic heterocycles. The van der Waals surface area contributed by atoms with E-state index in [2.05, 4.69) is 28.5 Å². The number of nitrogens with one attached hydrogen (secondary N) is 2. The molecule has 3 aromatic rings. The number of thiophene rings is 1. The lowest BCUT2D eigenvalue weighted by molar-refractivity contribution is 0.282. The number of aliphatic imine (C=N–C) groups is 1. The van der Waals surface area contributed by atoms with Crippen LogP contribution < -0.4 is 10.6 Å². The molecule has 0 saturated carbocycles. The summed E-state index contributed by atoms with van der Waals surface area (Å²) in [5, 5.41) is 8.06. The first-order valence-corrected chi connectivity index (χ1v) is 11.4. The number of halogens is 2. The number of benzene rings is 2. The number of piperazine rings is 1. The van der Waals surface area contributed by atoms with Crippen LogP contribution >= 0.6 is 11.3 Å². The van der Waals surface area contributed by atoms with Crippen molar-refractivity contribution in [2.24, 2.45) is 4.99 Å². The molecule has 5 rings (SSSR count). The molecule has 1 atom stereocenters. The highest BCUT2D eigenvalue weighted by Crippen LogP contribution is 2.39. The van der Waals surface area contributed by atoms with E-state index in [0.29, 0.717) is 5.69 Å². The average molecular weight is 439 g/mol. The smallest absolute Gasteiger partial charge is 0.139 e. The molecule has 2 aliphatic rings. The topological polar surface area (TPSA) is 39.7 Å². The molecule has 31 heavy (non-hydrogen) atoms. The largest absolute Gasteiger partial charge is 0.353 e. The Balaban J connectivity index is 1.40. The van der Waals surface area contributed by atoms with E-state index in [1.807, 2.05) is 6.07 Å². The standard InChI is InChI=1S/C24H24F2N4S/c1-15-11-20-23(28-22-13-18(26)6-8-21(22)29-24(20)31-15)30-10-9-27-19(14-30)7-5-16-3-2-4-17(25)12-16/h2-4,6,8,11-13,19,27,29H,5,7,9-10,14H2,1H3/t19-/m0/s1. The monoisotopic (exact) mass is 438 g/mol. The van der Waals surface area contributed by atoms with Crippen LogP contribution in [0.25, 0.3) is 0 Å². The first kappa shape index (κ1) is 20.2. The molecule has 4 nitrogen and oxygen atoms in total. The third-order valence-corrected chi connectivity index (χ3v) is 6.72. The number of rotatable bonds is 3. The Bertz CT molecular complexity index is 1140. The van der Waals surface area contributed by atoms with Crippen LogP contribution in [0.5, 0.6) is 0 Å². The molecule has 2 N–H and O–H groups in total. The van der Waals surface area contributed by atoms with E-state index in [-0.39, 0.29) is 17.7 Å². The molecule has 2 aromatic carbocycles. The first-order chi connectivity index (χ1) is 15.0. The molecule has 1 aromatic heterocycles. The molecule has 0 aliphatic carbocycles. The molecule has 3 heterocycles. The van der Waals surface area contributed by atoms with Gasteiger partial charge in [0, 0.05) is 36.6 Å². The van der Waals surface area contributed by atoms with E-state index in [1.54, 1.807) is 29.5 Å². The Hall–Kier alpha value is -2.77. The van der Waals surface area contributed by atoms with Gasteiger partial charge in [0.25, 0.3) is 0 Å². The van der Waals surface area contributed by atoms with Crippen LogP contribution in [0.15, 0.2) is 53.5 Å². The molecule has 0 bridgehead atoms. The Labute approximate surface area is 184 Å². The number of hydrogen-bond acceptors (Lipinski definition) is 5. The van der Waals surface area contributed by atoms with Gasteiger partial charge in [-0.15, -0.1) is 11.3 Å². The molecule has 1 saturated heterocycles. The molecule has 1 fully saturated rings. The summed E-state index contributed by atoms with van der Waals surface area (Å²) in [7, 11) is 0. The minimum Gasteiger partial charge on any atom is -0.353 e. The highest BCUT2D eigenvalue weighted by Gasteiger charge is 2.27. The van der Waals surface area contributed by atoms with Crippen molar-refractivity contribution in [1.82, 2.24) is 10.2 Å². The maximum atomic E-state index is 13.9. The Morgan fingerprint density at radius 2 is 2.00 bits per heavy atom. The van der Waals surface area contributed by atoms with E-state index < -0.39 is 0 Å². The van der Waals surface area contributed by atoms with Crippen LogP contribution in [-0.2, 0) is 6.42 Å². The van der Waals surface area contributed by atoms with Gasteiger partial charge in [0.2, 0.25) is 0 Å². The van der Waals surface area contributed by atoms with Crippen molar-refractivity contribution in [1.29, 1.82) is 0 Å². The minimum absolute atomic E-state index is 0.192. The van der Waals surface area contributed by atoms with Crippen molar-refractivity contribution in [2.45, 2.75) is 25.8 Å². The van der Waals surface area contributed by atoms with Crippen molar-refractivity contribution < 1.29 is 8.78 Å². The molecule has 0 unspecified atom stereocenters. The van der Waals surface area contributed by atoms with Crippen LogP contribution in [0.2, 0.25) is 0 Å². The van der Waals surface area contributed by atoms with E-state index in [4.69, 9.17) is 4.99 Å². The summed E-state index contributed by atoms with van der Waals surface area (Å²) in [5.74, 6) is 0.397. The van der Waals surface area contributed by atoms with Gasteiger partial charge in [-0.2, -0.15) is 0 Å². The summed E-state index contributed by atoms with van der Waals surface area (Å²) in [6.07, 6.45) is 1.72. The number of fused-ring (bicyclic) bond motifs is 2. The second-order valence-electron chi connectivity index (χ2n) is 8.09. The van der Waals surface area contributed by atoms with Crippen molar-refractivity contribution in [3.63, 3.8) is 0 Å². The molecule has 7 heteroatoms. The Morgan fingerprint density at radius 3 is 2.87 bits per heavy atom. The molecular formula is C24H24F2N4S. The highest BCUT2D eigenvalue weighted by molar-refractivity contribution is 7.16. The van der Waals surface area contributed by atoms with E-state index in [1.165, 1.54) is 23.1 Å². The van der Waals surface area contributed by atoms with Crippen molar-refractivity contribution in [3.8, 4) is 0 Å². The fraction of sp³-hybridized carbons (Fsp3) is 0.292. The number of hydrogen-bond donors (Lipinski definition) is 2. The maximum absolute atomic E-state index is 13.9. The fourth-order valence-electron chi connectivity index (χ4n) is 4.26. The van der Waals surface area contributed by atoms with Crippen LogP contribution in [0, 0.1) is 18.6 Å². The summed E-state index contributed by atoms with van der Waals surface area (Å²) < 4.78 is 27.4. The molecule has 0 spiro atoms. The minimum atomic E-state index is -0.293. The lowest BCUT2D eigenvalue weighted by atomic mass is 10.0. The number of nitrogens with zero attached hydrogens (tertiary/aromatic N) is 2. The third kappa shape index (κ3) is 4.34. The van der Waals surface area contributed by atoms with Crippen molar-refractivity contribution >= 4 is 33.5 Å². The zero-order chi connectivity index (χ0) is 21.4. The highest BCUT2D eigenvalue weighted by atomic mass is 32.1. The van der Waals surface area contributed by atoms with Gasteiger partial charge >= 0.3 is 0 Å². The van der Waals surface area contributed by atoms with Crippen LogP contribution in [0.3, 0.4) is 0 Å². The van der Waals surface area contributed by atoms with Gasteiger partial charge in [-0.25, -0.2) is 13.8 Å². The molecule has 160 valence electrons. The second kappa shape index (κ2) is 8.40. The summed E-state index contributed by atoms with van der Waals surface area (Å²) in [4.78, 5) is 8.41. The zero-order valence-corrected chi connectivity index (χ0v) is 18.1. The third-order valence-electron chi connectivity index (χ3n) is 5.76. The average Bonchev–Trinajstić information content (AvgIpc) is 3.05. The van der Waals surface area contributed by atoms with Crippen LogP contribution in [-0.4, -0.2) is 36.4 Å². The fourth-order valence-corrected chi connectivity index (χ4v) is 5.18. The van der Waals surface area contributed by atoms with Gasteiger partial charge < -0.3 is 15.5 Å². The SMILES string of the molecule is Cc1cc2c(s1)Nc1ccc(F)cc1N=C2N1CCN[C@@H](CCc2cccc(F)c2)C1.